The van der Waals surface area contributed by atoms with E-state index in [1.165, 1.54) is 0 Å². The van der Waals surface area contributed by atoms with E-state index in [2.05, 4.69) is 0 Å². The van der Waals surface area contributed by atoms with Crippen molar-refractivity contribution in [3.63, 3.8) is 0 Å². The maximum atomic E-state index is 11.8. The minimum atomic E-state index is -0.640. The van der Waals surface area contributed by atoms with E-state index in [1.807, 2.05) is 0 Å². The van der Waals surface area contributed by atoms with E-state index in [1.54, 1.807) is 0 Å². The van der Waals surface area contributed by atoms with E-state index in [9.17, 15) is 8.96 Å². The SMILES string of the molecule is FN(F)C1CCCCC1. The average molecular weight is 135 g/mol. The van der Waals surface area contributed by atoms with Crippen LogP contribution < -0.4 is 0 Å². The topological polar surface area (TPSA) is 3.24 Å². The summed E-state index contributed by atoms with van der Waals surface area (Å²) in [7, 11) is 0. The zero-order valence-electron chi connectivity index (χ0n) is 5.32. The molecule has 0 heterocycles. The van der Waals surface area contributed by atoms with E-state index in [0.29, 0.717) is 12.8 Å². The average Bonchev–Trinajstić information content (AvgIpc) is 1.90. The molecular weight excluding hydrogens is 124 g/mol. The summed E-state index contributed by atoms with van der Waals surface area (Å²) < 4.78 is 23.5. The standard InChI is InChI=1S/C6H11F2N/c7-9(8)6-4-2-1-3-5-6/h6H,1-5H2. The zero-order chi connectivity index (χ0) is 6.69. The Kier molecular flexibility index (Phi) is 2.39. The third-order valence-corrected chi connectivity index (χ3v) is 1.85. The van der Waals surface area contributed by atoms with Crippen molar-refractivity contribution < 1.29 is 8.96 Å². The molecule has 0 aromatic carbocycles. The lowest BCUT2D eigenvalue weighted by Gasteiger charge is -2.20. The van der Waals surface area contributed by atoms with E-state index >= 15 is 0 Å². The third kappa shape index (κ3) is 1.90. The molecule has 0 aromatic heterocycles. The highest BCUT2D eigenvalue weighted by molar-refractivity contribution is 4.66. The first-order chi connectivity index (χ1) is 4.30. The van der Waals surface area contributed by atoms with Crippen LogP contribution in [0.1, 0.15) is 32.1 Å². The maximum Gasteiger partial charge on any atom is 0.0730 e. The summed E-state index contributed by atoms with van der Waals surface area (Å²) in [6.07, 6.45) is 4.41. The molecule has 1 aliphatic carbocycles. The van der Waals surface area contributed by atoms with Crippen LogP contribution in [0.4, 0.5) is 8.96 Å². The Morgan fingerprint density at radius 1 is 1.00 bits per heavy atom. The fourth-order valence-electron chi connectivity index (χ4n) is 1.28. The Balaban J connectivity index is 2.23. The van der Waals surface area contributed by atoms with E-state index in [4.69, 9.17) is 0 Å². The monoisotopic (exact) mass is 135 g/mol. The fourth-order valence-corrected chi connectivity index (χ4v) is 1.28. The number of hydrogen-bond acceptors (Lipinski definition) is 1. The van der Waals surface area contributed by atoms with Gasteiger partial charge in [-0.15, -0.1) is 8.96 Å². The van der Waals surface area contributed by atoms with Crippen molar-refractivity contribution in [3.8, 4) is 0 Å². The second-order valence-electron chi connectivity index (χ2n) is 2.55. The van der Waals surface area contributed by atoms with Gasteiger partial charge in [0.25, 0.3) is 0 Å². The summed E-state index contributed by atoms with van der Waals surface area (Å²) >= 11 is 0. The van der Waals surface area contributed by atoms with Gasteiger partial charge in [-0.2, -0.15) is 0 Å². The first-order valence-electron chi connectivity index (χ1n) is 3.41. The fraction of sp³-hybridized carbons (Fsp3) is 1.00. The second-order valence-corrected chi connectivity index (χ2v) is 2.55. The van der Waals surface area contributed by atoms with E-state index in [0.717, 1.165) is 19.3 Å². The number of nitrogens with zero attached hydrogens (tertiary/aromatic N) is 1. The quantitative estimate of drug-likeness (QED) is 0.499. The highest BCUT2D eigenvalue weighted by Gasteiger charge is 2.20. The van der Waals surface area contributed by atoms with Gasteiger partial charge in [-0.05, 0) is 12.8 Å². The molecule has 0 amide bonds. The largest absolute Gasteiger partial charge is 0.101 e. The van der Waals surface area contributed by atoms with E-state index < -0.39 is 11.4 Å². The molecule has 0 aromatic rings. The van der Waals surface area contributed by atoms with Gasteiger partial charge in [0.15, 0.2) is 0 Å². The van der Waals surface area contributed by atoms with Gasteiger partial charge in [-0.3, -0.25) is 0 Å². The van der Waals surface area contributed by atoms with Crippen molar-refractivity contribution in [1.82, 2.24) is 5.34 Å². The highest BCUT2D eigenvalue weighted by atomic mass is 19.4. The molecule has 0 unspecified atom stereocenters. The smallest absolute Gasteiger partial charge is 0.0730 e. The summed E-state index contributed by atoms with van der Waals surface area (Å²) in [6.45, 7) is 0. The second kappa shape index (κ2) is 3.11. The molecule has 1 fully saturated rings. The van der Waals surface area contributed by atoms with Crippen molar-refractivity contribution in [2.75, 3.05) is 0 Å². The van der Waals surface area contributed by atoms with Crippen molar-refractivity contribution in [1.29, 1.82) is 0 Å². The molecule has 1 saturated carbocycles. The van der Waals surface area contributed by atoms with Crippen LogP contribution >= 0.6 is 0 Å². The van der Waals surface area contributed by atoms with Crippen LogP contribution in [-0.2, 0) is 0 Å². The minimum Gasteiger partial charge on any atom is -0.101 e. The molecular formula is C6H11F2N. The van der Waals surface area contributed by atoms with Crippen LogP contribution in [0.2, 0.25) is 0 Å². The van der Waals surface area contributed by atoms with Crippen LogP contribution in [0, 0.1) is 0 Å². The van der Waals surface area contributed by atoms with Gasteiger partial charge in [0.05, 0.1) is 6.04 Å². The van der Waals surface area contributed by atoms with Crippen LogP contribution in [0.25, 0.3) is 0 Å². The first kappa shape index (κ1) is 6.93. The zero-order valence-corrected chi connectivity index (χ0v) is 5.32. The summed E-state index contributed by atoms with van der Waals surface area (Å²) in [5.41, 5.74) is 0. The first-order valence-corrected chi connectivity index (χ1v) is 3.41. The predicted octanol–water partition coefficient (Wildman–Crippen LogP) is 2.39. The van der Waals surface area contributed by atoms with Gasteiger partial charge >= 0.3 is 0 Å². The lowest BCUT2D eigenvalue weighted by atomic mass is 9.96. The van der Waals surface area contributed by atoms with Gasteiger partial charge in [0.2, 0.25) is 0 Å². The molecule has 54 valence electrons. The predicted molar refractivity (Wildman–Crippen MR) is 30.9 cm³/mol. The molecule has 0 bridgehead atoms. The Bertz CT molecular complexity index is 79.1. The van der Waals surface area contributed by atoms with Crippen molar-refractivity contribution in [3.05, 3.63) is 0 Å². The van der Waals surface area contributed by atoms with Gasteiger partial charge < -0.3 is 0 Å². The molecule has 1 rings (SSSR count). The number of rotatable bonds is 1. The summed E-state index contributed by atoms with van der Waals surface area (Å²) in [5, 5.41) is -0.640. The Hall–Kier alpha value is -0.180. The molecule has 3 heteroatoms. The molecule has 0 spiro atoms. The van der Waals surface area contributed by atoms with Gasteiger partial charge in [-0.25, -0.2) is 0 Å². The normalized spacial score (nSPS) is 23.0. The Morgan fingerprint density at radius 3 is 1.89 bits per heavy atom. The lowest BCUT2D eigenvalue weighted by Crippen LogP contribution is -2.23. The van der Waals surface area contributed by atoms with Crippen molar-refractivity contribution >= 4 is 0 Å². The minimum absolute atomic E-state index is 0.446. The number of halogens is 2. The Morgan fingerprint density at radius 2 is 1.56 bits per heavy atom. The van der Waals surface area contributed by atoms with Crippen molar-refractivity contribution in [2.24, 2.45) is 0 Å². The van der Waals surface area contributed by atoms with Crippen LogP contribution in [-0.4, -0.2) is 11.4 Å². The van der Waals surface area contributed by atoms with Gasteiger partial charge in [-0.1, -0.05) is 19.3 Å². The van der Waals surface area contributed by atoms with E-state index in [-0.39, 0.29) is 0 Å². The molecule has 0 aliphatic heterocycles. The molecule has 1 nitrogen and oxygen atoms in total. The van der Waals surface area contributed by atoms with Crippen LogP contribution in [0.15, 0.2) is 0 Å². The Labute approximate surface area is 53.5 Å². The summed E-state index contributed by atoms with van der Waals surface area (Å²) in [5.74, 6) is 0. The molecule has 0 N–H and O–H groups in total. The van der Waals surface area contributed by atoms with Crippen molar-refractivity contribution in [2.45, 2.75) is 38.1 Å². The molecule has 0 radical (unpaired) electrons. The summed E-state index contributed by atoms with van der Waals surface area (Å²) in [4.78, 5) is 0. The van der Waals surface area contributed by atoms with Gasteiger partial charge in [0, 0.05) is 5.34 Å². The van der Waals surface area contributed by atoms with Gasteiger partial charge in [0.1, 0.15) is 0 Å². The lowest BCUT2D eigenvalue weighted by molar-refractivity contribution is -0.193. The molecule has 9 heavy (non-hydrogen) atoms. The highest BCUT2D eigenvalue weighted by Crippen LogP contribution is 2.22. The molecule has 0 saturated heterocycles. The molecule has 0 atom stereocenters. The van der Waals surface area contributed by atoms with Crippen LogP contribution in [0.3, 0.4) is 0 Å². The number of hydrogen-bond donors (Lipinski definition) is 0. The maximum absolute atomic E-state index is 11.8. The summed E-state index contributed by atoms with van der Waals surface area (Å²) in [6, 6.07) is -0.446. The van der Waals surface area contributed by atoms with Crippen LogP contribution in [0.5, 0.6) is 0 Å². The molecule has 1 aliphatic rings. The third-order valence-electron chi connectivity index (χ3n) is 1.85.